The van der Waals surface area contributed by atoms with E-state index in [-0.39, 0.29) is 5.91 Å². The largest absolute Gasteiger partial charge is 0.345 e. The van der Waals surface area contributed by atoms with Gasteiger partial charge in [0.1, 0.15) is 5.82 Å². The van der Waals surface area contributed by atoms with Crippen molar-refractivity contribution in [3.05, 3.63) is 42.2 Å². The summed E-state index contributed by atoms with van der Waals surface area (Å²) in [6.45, 7) is 0. The summed E-state index contributed by atoms with van der Waals surface area (Å²) >= 11 is 3.71. The van der Waals surface area contributed by atoms with Crippen LogP contribution in [-0.2, 0) is 0 Å². The summed E-state index contributed by atoms with van der Waals surface area (Å²) in [5.41, 5.74) is 1.42. The molecule has 0 bridgehead atoms. The van der Waals surface area contributed by atoms with E-state index in [0.29, 0.717) is 5.56 Å². The smallest absolute Gasteiger partial charge is 0.260 e. The zero-order chi connectivity index (χ0) is 10.7. The lowest BCUT2D eigenvalue weighted by molar-refractivity contribution is 0.0985. The molecule has 2 rings (SSSR count). The predicted octanol–water partition coefficient (Wildman–Crippen LogP) is 1.65. The highest BCUT2D eigenvalue weighted by Gasteiger charge is 2.05. The molecule has 0 unspecified atom stereocenters. The minimum Gasteiger partial charge on any atom is -0.345 e. The lowest BCUT2D eigenvalue weighted by Gasteiger charge is -2.01. The van der Waals surface area contributed by atoms with Gasteiger partial charge in [-0.25, -0.2) is 4.98 Å². The molecule has 1 aromatic carbocycles. The van der Waals surface area contributed by atoms with Gasteiger partial charge in [0, 0.05) is 23.5 Å². The van der Waals surface area contributed by atoms with Crippen molar-refractivity contribution >= 4 is 18.7 Å². The third-order valence-corrected chi connectivity index (χ3v) is 2.20. The first-order chi connectivity index (χ1) is 7.31. The fourth-order valence-corrected chi connectivity index (χ4v) is 1.42. The maximum absolute atomic E-state index is 11.3. The molecule has 0 atom stereocenters. The van der Waals surface area contributed by atoms with E-state index in [1.807, 2.05) is 6.07 Å². The molecule has 0 saturated carbocycles. The van der Waals surface area contributed by atoms with E-state index in [2.05, 4.69) is 27.5 Å². The standard InChI is InChI=1S/C10H9N3OS/c14-10(13-15)8-3-1-2-7(6-8)9-11-4-5-12-9/h1-6,15H,(H,11,12)(H,13,14). The fourth-order valence-electron chi connectivity index (χ4n) is 1.30. The van der Waals surface area contributed by atoms with E-state index >= 15 is 0 Å². The Kier molecular flexibility index (Phi) is 2.73. The molecular formula is C10H9N3OS. The second-order valence-electron chi connectivity index (χ2n) is 2.96. The second-order valence-corrected chi connectivity index (χ2v) is 3.18. The van der Waals surface area contributed by atoms with Crippen LogP contribution in [0.25, 0.3) is 11.4 Å². The topological polar surface area (TPSA) is 57.8 Å². The molecule has 1 heterocycles. The Morgan fingerprint density at radius 3 is 3.00 bits per heavy atom. The molecule has 0 aliphatic carbocycles. The van der Waals surface area contributed by atoms with Gasteiger partial charge in [0.15, 0.2) is 0 Å². The van der Waals surface area contributed by atoms with Crippen molar-refractivity contribution in [1.29, 1.82) is 0 Å². The zero-order valence-corrected chi connectivity index (χ0v) is 8.66. The van der Waals surface area contributed by atoms with Gasteiger partial charge < -0.3 is 4.98 Å². The van der Waals surface area contributed by atoms with Crippen molar-refractivity contribution in [3.63, 3.8) is 0 Å². The van der Waals surface area contributed by atoms with Crippen molar-refractivity contribution < 1.29 is 4.79 Å². The summed E-state index contributed by atoms with van der Waals surface area (Å²) in [6, 6.07) is 7.16. The maximum atomic E-state index is 11.3. The van der Waals surface area contributed by atoms with Crippen molar-refractivity contribution in [3.8, 4) is 11.4 Å². The lowest BCUT2D eigenvalue weighted by atomic mass is 10.1. The van der Waals surface area contributed by atoms with Gasteiger partial charge in [0.05, 0.1) is 0 Å². The SMILES string of the molecule is O=C(NS)c1cccc(-c2ncc[nH]2)c1. The Hall–Kier alpha value is -1.75. The Morgan fingerprint density at radius 1 is 1.47 bits per heavy atom. The van der Waals surface area contributed by atoms with E-state index in [1.165, 1.54) is 0 Å². The van der Waals surface area contributed by atoms with Gasteiger partial charge >= 0.3 is 0 Å². The van der Waals surface area contributed by atoms with Gasteiger partial charge in [-0.2, -0.15) is 0 Å². The first-order valence-electron chi connectivity index (χ1n) is 4.35. The molecule has 2 aromatic rings. The van der Waals surface area contributed by atoms with Crippen LogP contribution in [0, 0.1) is 0 Å². The predicted molar refractivity (Wildman–Crippen MR) is 60.5 cm³/mol. The molecule has 2 N–H and O–H groups in total. The third kappa shape index (κ3) is 2.02. The summed E-state index contributed by atoms with van der Waals surface area (Å²) in [7, 11) is 0. The number of H-pyrrole nitrogens is 1. The molecule has 4 nitrogen and oxygen atoms in total. The molecule has 0 saturated heterocycles. The normalized spacial score (nSPS) is 9.93. The van der Waals surface area contributed by atoms with Crippen LogP contribution >= 0.6 is 12.8 Å². The first kappa shape index (κ1) is 9.79. The highest BCUT2D eigenvalue weighted by Crippen LogP contribution is 2.15. The van der Waals surface area contributed by atoms with E-state index < -0.39 is 0 Å². The number of nitrogens with zero attached hydrogens (tertiary/aromatic N) is 1. The average Bonchev–Trinajstić information content (AvgIpc) is 2.82. The number of rotatable bonds is 2. The number of aromatic amines is 1. The zero-order valence-electron chi connectivity index (χ0n) is 7.77. The molecule has 0 spiro atoms. The van der Waals surface area contributed by atoms with Gasteiger partial charge in [0.25, 0.3) is 5.91 Å². The van der Waals surface area contributed by atoms with Crippen molar-refractivity contribution in [2.24, 2.45) is 0 Å². The molecule has 0 aliphatic heterocycles. The summed E-state index contributed by atoms with van der Waals surface area (Å²) in [5, 5.41) is 0. The molecule has 5 heteroatoms. The van der Waals surface area contributed by atoms with Crippen LogP contribution < -0.4 is 4.72 Å². The number of aromatic nitrogens is 2. The molecule has 0 fully saturated rings. The van der Waals surface area contributed by atoms with E-state index in [9.17, 15) is 4.79 Å². The Balaban J connectivity index is 2.39. The summed E-state index contributed by atoms with van der Waals surface area (Å²) in [6.07, 6.45) is 3.40. The number of nitrogens with one attached hydrogen (secondary N) is 2. The van der Waals surface area contributed by atoms with Crippen LogP contribution in [0.15, 0.2) is 36.7 Å². The fraction of sp³-hybridized carbons (Fsp3) is 0. The molecule has 0 radical (unpaired) electrons. The summed E-state index contributed by atoms with van der Waals surface area (Å²) in [4.78, 5) is 18.4. The van der Waals surface area contributed by atoms with Crippen LogP contribution in [0.4, 0.5) is 0 Å². The minimum absolute atomic E-state index is 0.230. The van der Waals surface area contributed by atoms with Crippen molar-refractivity contribution in [2.75, 3.05) is 0 Å². The summed E-state index contributed by atoms with van der Waals surface area (Å²) in [5.74, 6) is 0.510. The molecule has 76 valence electrons. The number of thiol groups is 1. The van der Waals surface area contributed by atoms with Crippen LogP contribution in [0.5, 0.6) is 0 Å². The number of hydrogen-bond donors (Lipinski definition) is 3. The van der Waals surface area contributed by atoms with Gasteiger partial charge in [-0.3, -0.25) is 9.52 Å². The number of imidazole rings is 1. The first-order valence-corrected chi connectivity index (χ1v) is 4.80. The summed E-state index contributed by atoms with van der Waals surface area (Å²) < 4.78 is 2.28. The van der Waals surface area contributed by atoms with E-state index in [0.717, 1.165) is 11.4 Å². The van der Waals surface area contributed by atoms with Crippen LogP contribution in [0.2, 0.25) is 0 Å². The quantitative estimate of drug-likeness (QED) is 0.673. The molecule has 15 heavy (non-hydrogen) atoms. The Morgan fingerprint density at radius 2 is 2.33 bits per heavy atom. The van der Waals surface area contributed by atoms with Gasteiger partial charge in [-0.1, -0.05) is 24.9 Å². The highest BCUT2D eigenvalue weighted by molar-refractivity contribution is 7.78. The van der Waals surface area contributed by atoms with Gasteiger partial charge in [-0.05, 0) is 12.1 Å². The van der Waals surface area contributed by atoms with E-state index in [1.54, 1.807) is 30.6 Å². The monoisotopic (exact) mass is 219 g/mol. The highest BCUT2D eigenvalue weighted by atomic mass is 32.1. The number of carbonyl (C=O) groups is 1. The molecule has 1 aromatic heterocycles. The lowest BCUT2D eigenvalue weighted by Crippen LogP contribution is -2.12. The van der Waals surface area contributed by atoms with E-state index in [4.69, 9.17) is 0 Å². The average molecular weight is 219 g/mol. The van der Waals surface area contributed by atoms with Crippen LogP contribution in [0.1, 0.15) is 10.4 Å². The number of carbonyl (C=O) groups excluding carboxylic acids is 1. The number of amides is 1. The molecular weight excluding hydrogens is 210 g/mol. The minimum atomic E-state index is -0.230. The van der Waals surface area contributed by atoms with Crippen molar-refractivity contribution in [2.45, 2.75) is 0 Å². The van der Waals surface area contributed by atoms with Gasteiger partial charge in [-0.15, -0.1) is 0 Å². The maximum Gasteiger partial charge on any atom is 0.260 e. The second kappa shape index (κ2) is 4.18. The van der Waals surface area contributed by atoms with Gasteiger partial charge in [0.2, 0.25) is 0 Å². The number of benzene rings is 1. The Bertz CT molecular complexity index is 467. The third-order valence-electron chi connectivity index (χ3n) is 2.00. The molecule has 0 aliphatic rings. The Labute approximate surface area is 92.3 Å². The number of hydrogen-bond acceptors (Lipinski definition) is 3. The molecule has 1 amide bonds. The van der Waals surface area contributed by atoms with Crippen LogP contribution in [-0.4, -0.2) is 15.9 Å². The van der Waals surface area contributed by atoms with Crippen LogP contribution in [0.3, 0.4) is 0 Å². The van der Waals surface area contributed by atoms with Crippen molar-refractivity contribution in [1.82, 2.24) is 14.7 Å².